The van der Waals surface area contributed by atoms with Gasteiger partial charge in [0.2, 0.25) is 0 Å². The summed E-state index contributed by atoms with van der Waals surface area (Å²) in [5.74, 6) is 0. The van der Waals surface area contributed by atoms with Gasteiger partial charge in [-0.05, 0) is 37.2 Å². The van der Waals surface area contributed by atoms with Gasteiger partial charge in [0, 0.05) is 12.7 Å². The van der Waals surface area contributed by atoms with E-state index in [2.05, 4.69) is 26.0 Å². The lowest BCUT2D eigenvalue weighted by molar-refractivity contribution is 1.20. The first-order valence-electron chi connectivity index (χ1n) is 4.13. The molecule has 0 amide bonds. The van der Waals surface area contributed by atoms with E-state index < -0.39 is 0 Å². The molecular weight excluding hydrogens is 180 g/mol. The van der Waals surface area contributed by atoms with Gasteiger partial charge in [-0.3, -0.25) is 0 Å². The molecule has 0 aromatic heterocycles. The third-order valence-corrected chi connectivity index (χ3v) is 2.38. The molecule has 13 heavy (non-hydrogen) atoms. The van der Waals surface area contributed by atoms with Crippen LogP contribution in [-0.4, -0.2) is 12.2 Å². The zero-order chi connectivity index (χ0) is 10.0. The molecule has 0 aliphatic carbocycles. The van der Waals surface area contributed by atoms with Crippen molar-refractivity contribution in [2.75, 3.05) is 11.9 Å². The number of rotatable bonds is 1. The molecule has 0 saturated heterocycles. The van der Waals surface area contributed by atoms with Gasteiger partial charge in [-0.25, -0.2) is 0 Å². The van der Waals surface area contributed by atoms with Crippen molar-refractivity contribution in [3.8, 4) is 0 Å². The molecule has 0 saturated carbocycles. The van der Waals surface area contributed by atoms with Gasteiger partial charge >= 0.3 is 0 Å². The number of hydrogen-bond acceptors (Lipinski definition) is 1. The average molecular weight is 194 g/mol. The number of anilines is 1. The van der Waals surface area contributed by atoms with Crippen LogP contribution in [0.4, 0.5) is 5.69 Å². The number of thiocarbonyl (C=S) groups is 1. The van der Waals surface area contributed by atoms with Gasteiger partial charge in [-0.15, -0.1) is 0 Å². The molecule has 0 heterocycles. The number of para-hydroxylation sites is 1. The summed E-state index contributed by atoms with van der Waals surface area (Å²) >= 11 is 4.92. The summed E-state index contributed by atoms with van der Waals surface area (Å²) in [5.41, 5.74) is 9.05. The Morgan fingerprint density at radius 1 is 1.31 bits per heavy atom. The highest BCUT2D eigenvalue weighted by Gasteiger charge is 2.08. The monoisotopic (exact) mass is 194 g/mol. The minimum absolute atomic E-state index is 0.400. The molecule has 0 atom stereocenters. The number of nitrogens with zero attached hydrogens (tertiary/aromatic N) is 1. The van der Waals surface area contributed by atoms with Gasteiger partial charge in [0.25, 0.3) is 0 Å². The van der Waals surface area contributed by atoms with Crippen molar-refractivity contribution in [3.63, 3.8) is 0 Å². The second kappa shape index (κ2) is 3.75. The zero-order valence-electron chi connectivity index (χ0n) is 8.16. The van der Waals surface area contributed by atoms with Gasteiger partial charge in [0.1, 0.15) is 0 Å². The highest BCUT2D eigenvalue weighted by atomic mass is 32.1. The predicted octanol–water partition coefficient (Wildman–Crippen LogP) is 1.98. The Hall–Kier alpha value is -1.09. The van der Waals surface area contributed by atoms with E-state index in [0.717, 1.165) is 5.69 Å². The number of hydrogen-bond donors (Lipinski definition) is 1. The predicted molar refractivity (Wildman–Crippen MR) is 61.1 cm³/mol. The molecule has 1 aromatic rings. The van der Waals surface area contributed by atoms with E-state index in [1.165, 1.54) is 11.1 Å². The maximum Gasteiger partial charge on any atom is 0.170 e. The quantitative estimate of drug-likeness (QED) is 0.693. The number of benzene rings is 1. The summed E-state index contributed by atoms with van der Waals surface area (Å²) in [6.45, 7) is 4.11. The fourth-order valence-electron chi connectivity index (χ4n) is 1.44. The van der Waals surface area contributed by atoms with Gasteiger partial charge in [-0.1, -0.05) is 18.2 Å². The van der Waals surface area contributed by atoms with Crippen molar-refractivity contribution >= 4 is 23.0 Å². The Morgan fingerprint density at radius 2 is 1.77 bits per heavy atom. The van der Waals surface area contributed by atoms with Crippen LogP contribution in [0, 0.1) is 13.8 Å². The fourth-order valence-corrected chi connectivity index (χ4v) is 1.54. The van der Waals surface area contributed by atoms with Crippen LogP contribution in [0.5, 0.6) is 0 Å². The lowest BCUT2D eigenvalue weighted by atomic mass is 10.1. The van der Waals surface area contributed by atoms with Crippen molar-refractivity contribution < 1.29 is 0 Å². The van der Waals surface area contributed by atoms with Gasteiger partial charge in [0.05, 0.1) is 0 Å². The SMILES string of the molecule is Cc1cccc(C)c1N(C)C(N)=S. The molecule has 0 unspecified atom stereocenters. The molecule has 1 rings (SSSR count). The second-order valence-corrected chi connectivity index (χ2v) is 3.56. The summed E-state index contributed by atoms with van der Waals surface area (Å²) in [6.07, 6.45) is 0. The summed E-state index contributed by atoms with van der Waals surface area (Å²) in [7, 11) is 1.89. The van der Waals surface area contributed by atoms with E-state index >= 15 is 0 Å². The highest BCUT2D eigenvalue weighted by molar-refractivity contribution is 7.80. The lowest BCUT2D eigenvalue weighted by Crippen LogP contribution is -2.32. The molecule has 1 aromatic carbocycles. The average Bonchev–Trinajstić information content (AvgIpc) is 2.03. The second-order valence-electron chi connectivity index (χ2n) is 3.14. The number of aryl methyl sites for hydroxylation is 2. The van der Waals surface area contributed by atoms with Gasteiger partial charge < -0.3 is 10.6 Å². The topological polar surface area (TPSA) is 29.3 Å². The molecular formula is C10H14N2S. The molecule has 0 bridgehead atoms. The van der Waals surface area contributed by atoms with Crippen molar-refractivity contribution in [1.29, 1.82) is 0 Å². The minimum Gasteiger partial charge on any atom is -0.376 e. The molecule has 3 heteroatoms. The molecule has 0 radical (unpaired) electrons. The molecule has 0 fully saturated rings. The van der Waals surface area contributed by atoms with E-state index in [-0.39, 0.29) is 0 Å². The summed E-state index contributed by atoms with van der Waals surface area (Å²) in [6, 6.07) is 6.13. The molecule has 2 N–H and O–H groups in total. The first-order chi connectivity index (χ1) is 6.04. The molecule has 70 valence electrons. The minimum atomic E-state index is 0.400. The van der Waals surface area contributed by atoms with E-state index in [1.807, 2.05) is 18.0 Å². The lowest BCUT2D eigenvalue weighted by Gasteiger charge is -2.21. The number of nitrogens with two attached hydrogens (primary N) is 1. The summed E-state index contributed by atoms with van der Waals surface area (Å²) < 4.78 is 0. The third-order valence-electron chi connectivity index (χ3n) is 2.11. The molecule has 0 aliphatic rings. The van der Waals surface area contributed by atoms with Gasteiger partial charge in [-0.2, -0.15) is 0 Å². The van der Waals surface area contributed by atoms with Crippen molar-refractivity contribution in [3.05, 3.63) is 29.3 Å². The van der Waals surface area contributed by atoms with Crippen LogP contribution >= 0.6 is 12.2 Å². The van der Waals surface area contributed by atoms with E-state index in [4.69, 9.17) is 18.0 Å². The summed E-state index contributed by atoms with van der Waals surface area (Å²) in [4.78, 5) is 1.83. The zero-order valence-corrected chi connectivity index (χ0v) is 8.98. The first-order valence-corrected chi connectivity index (χ1v) is 4.54. The van der Waals surface area contributed by atoms with Gasteiger partial charge in [0.15, 0.2) is 5.11 Å². The molecule has 2 nitrogen and oxygen atoms in total. The largest absolute Gasteiger partial charge is 0.376 e. The maximum atomic E-state index is 5.56. The van der Waals surface area contributed by atoms with Crippen LogP contribution in [0.3, 0.4) is 0 Å². The Morgan fingerprint density at radius 3 is 2.15 bits per heavy atom. The Kier molecular flexibility index (Phi) is 2.88. The Balaban J connectivity index is 3.20. The molecule has 0 spiro atoms. The smallest absolute Gasteiger partial charge is 0.170 e. The third kappa shape index (κ3) is 1.98. The summed E-state index contributed by atoms with van der Waals surface area (Å²) in [5, 5.41) is 0.400. The maximum absolute atomic E-state index is 5.56. The van der Waals surface area contributed by atoms with Crippen LogP contribution in [0.25, 0.3) is 0 Å². The first kappa shape index (κ1) is 9.99. The normalized spacial score (nSPS) is 9.77. The Labute approximate surface area is 84.3 Å². The van der Waals surface area contributed by atoms with Crippen LogP contribution in [0.15, 0.2) is 18.2 Å². The van der Waals surface area contributed by atoms with Crippen molar-refractivity contribution in [2.24, 2.45) is 5.73 Å². The molecule has 0 aliphatic heterocycles. The Bertz CT molecular complexity index is 313. The van der Waals surface area contributed by atoms with Crippen LogP contribution in [0.2, 0.25) is 0 Å². The fraction of sp³-hybridized carbons (Fsp3) is 0.300. The van der Waals surface area contributed by atoms with E-state index in [1.54, 1.807) is 0 Å². The van der Waals surface area contributed by atoms with Crippen LogP contribution in [-0.2, 0) is 0 Å². The van der Waals surface area contributed by atoms with Crippen LogP contribution in [0.1, 0.15) is 11.1 Å². The van der Waals surface area contributed by atoms with E-state index in [0.29, 0.717) is 5.11 Å². The van der Waals surface area contributed by atoms with Crippen molar-refractivity contribution in [1.82, 2.24) is 0 Å². The standard InChI is InChI=1S/C10H14N2S/c1-7-5-4-6-8(2)9(7)12(3)10(11)13/h4-6H,1-3H3,(H2,11,13). The highest BCUT2D eigenvalue weighted by Crippen LogP contribution is 2.22. The van der Waals surface area contributed by atoms with Crippen molar-refractivity contribution in [2.45, 2.75) is 13.8 Å². The van der Waals surface area contributed by atoms with Crippen LogP contribution < -0.4 is 10.6 Å². The van der Waals surface area contributed by atoms with E-state index in [9.17, 15) is 0 Å².